The largest absolute Gasteiger partial charge is 0.478 e. The third kappa shape index (κ3) is 4.63. The summed E-state index contributed by atoms with van der Waals surface area (Å²) in [6.07, 6.45) is -0.229. The molecule has 1 heterocycles. The first-order chi connectivity index (χ1) is 14.2. The Kier molecular flexibility index (Phi) is 5.56. The maximum absolute atomic E-state index is 12.8. The van der Waals surface area contributed by atoms with Crippen LogP contribution in [0.25, 0.3) is 0 Å². The van der Waals surface area contributed by atoms with Crippen LogP contribution in [0.4, 0.5) is 5.69 Å². The molecule has 4 rings (SSSR count). The average molecular weight is 386 g/mol. The van der Waals surface area contributed by atoms with Crippen LogP contribution in [0.2, 0.25) is 0 Å². The lowest BCUT2D eigenvalue weighted by atomic mass is 9.98. The smallest absolute Gasteiger partial charge is 0.266 e. The van der Waals surface area contributed by atoms with Crippen molar-refractivity contribution in [2.75, 3.05) is 5.32 Å². The molecule has 0 radical (unpaired) electrons. The van der Waals surface area contributed by atoms with E-state index in [9.17, 15) is 9.59 Å². The van der Waals surface area contributed by atoms with Crippen LogP contribution < -0.4 is 15.4 Å². The second-order valence-corrected chi connectivity index (χ2v) is 7.02. The standard InChI is InChI=1S/C24H22N2O3/c27-23(16-22-24(28)26-19-13-7-8-14-21(19)29-22)25-20(18-11-5-2-6-12-18)15-17-9-3-1-4-10-17/h1-14,20,22H,15-16H2,(H,25,27)(H,26,28)/t20-,22+/m1/s1. The number of anilines is 1. The molecule has 29 heavy (non-hydrogen) atoms. The normalized spacial score (nSPS) is 16.1. The number of amides is 2. The van der Waals surface area contributed by atoms with Crippen molar-refractivity contribution in [2.45, 2.75) is 25.0 Å². The van der Waals surface area contributed by atoms with Gasteiger partial charge in [0.2, 0.25) is 5.91 Å². The summed E-state index contributed by atoms with van der Waals surface area (Å²) in [5.41, 5.74) is 2.77. The van der Waals surface area contributed by atoms with Crippen LogP contribution in [0.15, 0.2) is 84.9 Å². The van der Waals surface area contributed by atoms with Crippen molar-refractivity contribution >= 4 is 17.5 Å². The maximum atomic E-state index is 12.8. The quantitative estimate of drug-likeness (QED) is 0.676. The fourth-order valence-electron chi connectivity index (χ4n) is 3.44. The number of benzene rings is 3. The number of rotatable bonds is 6. The Morgan fingerprint density at radius 3 is 2.34 bits per heavy atom. The molecule has 0 aliphatic carbocycles. The van der Waals surface area contributed by atoms with Crippen molar-refractivity contribution in [2.24, 2.45) is 0 Å². The van der Waals surface area contributed by atoms with Gasteiger partial charge in [-0.2, -0.15) is 0 Å². The fraction of sp³-hybridized carbons (Fsp3) is 0.167. The third-order valence-corrected chi connectivity index (χ3v) is 4.90. The highest BCUT2D eigenvalue weighted by Gasteiger charge is 2.30. The lowest BCUT2D eigenvalue weighted by Crippen LogP contribution is -2.41. The van der Waals surface area contributed by atoms with Crippen LogP contribution in [0.3, 0.4) is 0 Å². The van der Waals surface area contributed by atoms with Crippen LogP contribution in [0, 0.1) is 0 Å². The van der Waals surface area contributed by atoms with Gasteiger partial charge in [0.15, 0.2) is 6.10 Å². The average Bonchev–Trinajstić information content (AvgIpc) is 2.75. The molecule has 0 bridgehead atoms. The van der Waals surface area contributed by atoms with Gasteiger partial charge in [-0.25, -0.2) is 0 Å². The number of carbonyl (C=O) groups is 2. The summed E-state index contributed by atoms with van der Waals surface area (Å²) >= 11 is 0. The molecular formula is C24H22N2O3. The van der Waals surface area contributed by atoms with E-state index in [4.69, 9.17) is 4.74 Å². The Hall–Kier alpha value is -3.60. The van der Waals surface area contributed by atoms with Gasteiger partial charge in [-0.3, -0.25) is 9.59 Å². The van der Waals surface area contributed by atoms with Crippen LogP contribution in [-0.2, 0) is 16.0 Å². The van der Waals surface area contributed by atoms with E-state index in [1.165, 1.54) is 0 Å². The molecule has 3 aromatic carbocycles. The zero-order chi connectivity index (χ0) is 20.1. The lowest BCUT2D eigenvalue weighted by Gasteiger charge is -2.26. The van der Waals surface area contributed by atoms with E-state index < -0.39 is 6.10 Å². The van der Waals surface area contributed by atoms with Gasteiger partial charge < -0.3 is 15.4 Å². The third-order valence-electron chi connectivity index (χ3n) is 4.90. The second-order valence-electron chi connectivity index (χ2n) is 7.02. The van der Waals surface area contributed by atoms with E-state index in [1.807, 2.05) is 72.8 Å². The van der Waals surface area contributed by atoms with Gasteiger partial charge >= 0.3 is 0 Å². The van der Waals surface area contributed by atoms with Crippen molar-refractivity contribution < 1.29 is 14.3 Å². The Bertz CT molecular complexity index is 989. The SMILES string of the molecule is O=C(C[C@@H]1Oc2ccccc2NC1=O)N[C@H](Cc1ccccc1)c1ccccc1. The van der Waals surface area contributed by atoms with E-state index in [-0.39, 0.29) is 24.3 Å². The zero-order valence-electron chi connectivity index (χ0n) is 15.9. The minimum atomic E-state index is -0.849. The summed E-state index contributed by atoms with van der Waals surface area (Å²) in [5.74, 6) is 0.0429. The van der Waals surface area contributed by atoms with E-state index in [0.717, 1.165) is 11.1 Å². The molecule has 0 fully saturated rings. The number of hydrogen-bond acceptors (Lipinski definition) is 3. The Balaban J connectivity index is 1.46. The highest BCUT2D eigenvalue weighted by atomic mass is 16.5. The van der Waals surface area contributed by atoms with E-state index in [0.29, 0.717) is 17.9 Å². The van der Waals surface area contributed by atoms with Gasteiger partial charge in [-0.15, -0.1) is 0 Å². The van der Waals surface area contributed by atoms with Gasteiger partial charge in [0.25, 0.3) is 5.91 Å². The number of fused-ring (bicyclic) bond motifs is 1. The van der Waals surface area contributed by atoms with Gasteiger partial charge in [-0.05, 0) is 29.7 Å². The summed E-state index contributed by atoms with van der Waals surface area (Å²) < 4.78 is 5.75. The summed E-state index contributed by atoms with van der Waals surface area (Å²) in [7, 11) is 0. The summed E-state index contributed by atoms with van der Waals surface area (Å²) in [5, 5.41) is 5.87. The molecule has 1 aliphatic rings. The van der Waals surface area contributed by atoms with Crippen molar-refractivity contribution in [3.05, 3.63) is 96.1 Å². The molecule has 0 aromatic heterocycles. The van der Waals surface area contributed by atoms with E-state index in [2.05, 4.69) is 10.6 Å². The molecule has 2 amide bonds. The highest BCUT2D eigenvalue weighted by Crippen LogP contribution is 2.29. The lowest BCUT2D eigenvalue weighted by molar-refractivity contribution is -0.130. The number of carbonyl (C=O) groups excluding carboxylic acids is 2. The zero-order valence-corrected chi connectivity index (χ0v) is 15.9. The number of hydrogen-bond donors (Lipinski definition) is 2. The van der Waals surface area contributed by atoms with Crippen LogP contribution in [0.1, 0.15) is 23.6 Å². The molecule has 5 heteroatoms. The van der Waals surface area contributed by atoms with Crippen molar-refractivity contribution in [1.82, 2.24) is 5.32 Å². The Morgan fingerprint density at radius 1 is 0.931 bits per heavy atom. The summed E-state index contributed by atoms with van der Waals surface area (Å²) in [4.78, 5) is 25.1. The Labute approximate surface area is 169 Å². The summed E-state index contributed by atoms with van der Waals surface area (Å²) in [6.45, 7) is 0. The fourth-order valence-corrected chi connectivity index (χ4v) is 3.44. The first kappa shape index (κ1) is 18.7. The van der Waals surface area contributed by atoms with E-state index >= 15 is 0 Å². The van der Waals surface area contributed by atoms with Crippen LogP contribution in [-0.4, -0.2) is 17.9 Å². The minimum absolute atomic E-state index is 0.0434. The first-order valence-electron chi connectivity index (χ1n) is 9.64. The molecule has 0 spiro atoms. The predicted octanol–water partition coefficient (Wildman–Crippen LogP) is 3.88. The summed E-state index contributed by atoms with van der Waals surface area (Å²) in [6, 6.07) is 26.9. The minimum Gasteiger partial charge on any atom is -0.478 e. The second kappa shape index (κ2) is 8.61. The molecular weight excluding hydrogens is 364 g/mol. The molecule has 146 valence electrons. The van der Waals surface area contributed by atoms with Gasteiger partial charge in [-0.1, -0.05) is 72.8 Å². The monoisotopic (exact) mass is 386 g/mol. The highest BCUT2D eigenvalue weighted by molar-refractivity contribution is 5.99. The van der Waals surface area contributed by atoms with Gasteiger partial charge in [0, 0.05) is 0 Å². The Morgan fingerprint density at radius 2 is 1.59 bits per heavy atom. The number of para-hydroxylation sites is 2. The number of ether oxygens (including phenoxy) is 1. The molecule has 0 unspecified atom stereocenters. The van der Waals surface area contributed by atoms with Crippen LogP contribution >= 0.6 is 0 Å². The topological polar surface area (TPSA) is 67.4 Å². The van der Waals surface area contributed by atoms with Crippen molar-refractivity contribution in [3.8, 4) is 5.75 Å². The molecule has 3 aromatic rings. The van der Waals surface area contributed by atoms with Gasteiger partial charge in [0.05, 0.1) is 18.2 Å². The molecule has 0 saturated carbocycles. The molecule has 1 aliphatic heterocycles. The van der Waals surface area contributed by atoms with Crippen molar-refractivity contribution in [3.63, 3.8) is 0 Å². The number of nitrogens with one attached hydrogen (secondary N) is 2. The van der Waals surface area contributed by atoms with Gasteiger partial charge in [0.1, 0.15) is 5.75 Å². The van der Waals surface area contributed by atoms with Crippen molar-refractivity contribution in [1.29, 1.82) is 0 Å². The molecule has 0 saturated heterocycles. The molecule has 2 atom stereocenters. The molecule has 5 nitrogen and oxygen atoms in total. The first-order valence-corrected chi connectivity index (χ1v) is 9.64. The van der Waals surface area contributed by atoms with E-state index in [1.54, 1.807) is 12.1 Å². The maximum Gasteiger partial charge on any atom is 0.266 e. The van der Waals surface area contributed by atoms with Crippen LogP contribution in [0.5, 0.6) is 5.75 Å². The predicted molar refractivity (Wildman–Crippen MR) is 112 cm³/mol. The molecule has 2 N–H and O–H groups in total.